The number of benzene rings is 1. The van der Waals surface area contributed by atoms with Gasteiger partial charge in [-0.3, -0.25) is 4.90 Å². The fourth-order valence-electron chi connectivity index (χ4n) is 6.42. The van der Waals surface area contributed by atoms with Gasteiger partial charge in [0.1, 0.15) is 5.69 Å². The van der Waals surface area contributed by atoms with Crippen LogP contribution < -0.4 is 0 Å². The van der Waals surface area contributed by atoms with Gasteiger partial charge in [0.25, 0.3) is 0 Å². The maximum absolute atomic E-state index is 13.9. The number of aryl methyl sites for hydroxylation is 1. The van der Waals surface area contributed by atoms with Crippen LogP contribution in [0.2, 0.25) is 0 Å². The number of hydrogen-bond donors (Lipinski definition) is 2. The Morgan fingerprint density at radius 3 is 2.71 bits per heavy atom. The smallest absolute Gasteiger partial charge is 0.354 e. The van der Waals surface area contributed by atoms with Gasteiger partial charge in [0.2, 0.25) is 5.92 Å². The van der Waals surface area contributed by atoms with Crippen LogP contribution in [-0.2, 0) is 6.54 Å². The topological polar surface area (TPSA) is 69.2 Å². The Hall–Kier alpha value is -2.80. The Balaban J connectivity index is 1.37. The molecular formula is C27H29F2N3O2. The van der Waals surface area contributed by atoms with Crippen molar-refractivity contribution in [2.75, 3.05) is 6.54 Å². The zero-order valence-corrected chi connectivity index (χ0v) is 19.3. The van der Waals surface area contributed by atoms with Crippen molar-refractivity contribution >= 4 is 16.9 Å². The van der Waals surface area contributed by atoms with E-state index in [-0.39, 0.29) is 30.0 Å². The molecule has 1 aromatic carbocycles. The van der Waals surface area contributed by atoms with Crippen molar-refractivity contribution in [3.05, 3.63) is 64.6 Å². The van der Waals surface area contributed by atoms with Gasteiger partial charge in [-0.2, -0.15) is 0 Å². The predicted octanol–water partition coefficient (Wildman–Crippen LogP) is 6.20. The summed E-state index contributed by atoms with van der Waals surface area (Å²) < 4.78 is 27.8. The van der Waals surface area contributed by atoms with Crippen LogP contribution in [0.1, 0.15) is 83.2 Å². The molecule has 3 heterocycles. The van der Waals surface area contributed by atoms with Crippen molar-refractivity contribution in [3.63, 3.8) is 0 Å². The summed E-state index contributed by atoms with van der Waals surface area (Å²) in [5, 5.41) is 10.5. The number of halogens is 2. The van der Waals surface area contributed by atoms with Crippen LogP contribution in [0.25, 0.3) is 10.9 Å². The van der Waals surface area contributed by atoms with E-state index < -0.39 is 11.9 Å². The minimum Gasteiger partial charge on any atom is -0.477 e. The quantitative estimate of drug-likeness (QED) is 0.471. The largest absolute Gasteiger partial charge is 0.477 e. The lowest BCUT2D eigenvalue weighted by molar-refractivity contribution is -0.186. The monoisotopic (exact) mass is 465 g/mol. The molecule has 6 rings (SSSR count). The van der Waals surface area contributed by atoms with Crippen LogP contribution in [0.4, 0.5) is 8.78 Å². The average Bonchev–Trinajstić information content (AvgIpc) is 3.50. The number of H-pyrrole nitrogens is 1. The number of alkyl halides is 2. The van der Waals surface area contributed by atoms with E-state index in [0.29, 0.717) is 12.3 Å². The number of rotatable bonds is 5. The third kappa shape index (κ3) is 3.70. The lowest BCUT2D eigenvalue weighted by Gasteiger charge is -2.54. The number of fused-ring (bicyclic) bond motifs is 1. The fourth-order valence-corrected chi connectivity index (χ4v) is 6.42. The molecule has 1 saturated heterocycles. The first-order valence-corrected chi connectivity index (χ1v) is 12.1. The maximum atomic E-state index is 13.9. The van der Waals surface area contributed by atoms with E-state index in [1.54, 1.807) is 6.20 Å². The van der Waals surface area contributed by atoms with E-state index >= 15 is 0 Å². The van der Waals surface area contributed by atoms with E-state index in [4.69, 9.17) is 0 Å². The molecule has 2 aromatic heterocycles. The first-order chi connectivity index (χ1) is 16.2. The average molecular weight is 466 g/mol. The number of likely N-dealkylation sites (tertiary alicyclic amines) is 1. The van der Waals surface area contributed by atoms with Gasteiger partial charge in [0.15, 0.2) is 0 Å². The van der Waals surface area contributed by atoms with E-state index in [0.717, 1.165) is 30.6 Å². The van der Waals surface area contributed by atoms with Crippen molar-refractivity contribution < 1.29 is 18.7 Å². The van der Waals surface area contributed by atoms with Gasteiger partial charge in [-0.1, -0.05) is 12.1 Å². The lowest BCUT2D eigenvalue weighted by atomic mass is 9.59. The Bertz CT molecular complexity index is 1250. The molecule has 3 aromatic rings. The standard InChI is InChI=1S/C27H29F2N3O2/c1-16-10-20(17-2-3-17)21(19-6-8-30-24(16)19)13-32-9-7-26(14-27(28,29)15-26)11-23(32)18-4-5-22(25(33)34)31-12-18/h4-6,8,10,12,17,23,30H,2-3,7,9,11,13-15H2,1H3,(H,33,34). The molecule has 178 valence electrons. The Morgan fingerprint density at radius 2 is 2.06 bits per heavy atom. The van der Waals surface area contributed by atoms with Gasteiger partial charge < -0.3 is 10.1 Å². The van der Waals surface area contributed by atoms with Crippen LogP contribution in [-0.4, -0.2) is 38.4 Å². The zero-order chi connectivity index (χ0) is 23.7. The highest BCUT2D eigenvalue weighted by Gasteiger charge is 2.58. The summed E-state index contributed by atoms with van der Waals surface area (Å²) in [7, 11) is 0. The molecule has 5 nitrogen and oxygen atoms in total. The molecule has 0 amide bonds. The molecule has 0 radical (unpaired) electrons. The van der Waals surface area contributed by atoms with Crippen LogP contribution in [0, 0.1) is 12.3 Å². The zero-order valence-electron chi connectivity index (χ0n) is 19.3. The number of aromatic carboxylic acids is 1. The number of carboxylic acid groups (broad SMARTS) is 1. The molecular weight excluding hydrogens is 436 g/mol. The second-order valence-corrected chi connectivity index (χ2v) is 10.7. The summed E-state index contributed by atoms with van der Waals surface area (Å²) in [6.07, 6.45) is 7.36. The summed E-state index contributed by atoms with van der Waals surface area (Å²) >= 11 is 0. The molecule has 2 aliphatic carbocycles. The van der Waals surface area contributed by atoms with E-state index in [2.05, 4.69) is 33.9 Å². The molecule has 1 spiro atoms. The highest BCUT2D eigenvalue weighted by atomic mass is 19.3. The van der Waals surface area contributed by atoms with Crippen molar-refractivity contribution in [1.82, 2.24) is 14.9 Å². The van der Waals surface area contributed by atoms with Crippen molar-refractivity contribution in [1.29, 1.82) is 0 Å². The number of nitrogens with zero attached hydrogens (tertiary/aromatic N) is 2. The molecule has 3 fully saturated rings. The molecule has 7 heteroatoms. The summed E-state index contributed by atoms with van der Waals surface area (Å²) in [5.74, 6) is -3.03. The number of carbonyl (C=O) groups is 1. The summed E-state index contributed by atoms with van der Waals surface area (Å²) in [5.41, 5.74) is 5.73. The lowest BCUT2D eigenvalue weighted by Crippen LogP contribution is -2.53. The first-order valence-electron chi connectivity index (χ1n) is 12.1. The molecule has 0 bridgehead atoms. The second-order valence-electron chi connectivity index (χ2n) is 10.7. The summed E-state index contributed by atoms with van der Waals surface area (Å²) in [4.78, 5) is 21.2. The summed E-state index contributed by atoms with van der Waals surface area (Å²) in [6, 6.07) is 7.75. The summed E-state index contributed by atoms with van der Waals surface area (Å²) in [6.45, 7) is 3.64. The van der Waals surface area contributed by atoms with Gasteiger partial charge in [0.05, 0.1) is 0 Å². The fraction of sp³-hybridized carbons (Fsp3) is 0.481. The van der Waals surface area contributed by atoms with Gasteiger partial charge in [-0.05, 0) is 84.9 Å². The Kier molecular flexibility index (Phi) is 4.86. The molecule has 2 saturated carbocycles. The minimum atomic E-state index is -2.56. The van der Waals surface area contributed by atoms with Gasteiger partial charge >= 0.3 is 5.97 Å². The highest BCUT2D eigenvalue weighted by molar-refractivity contribution is 5.87. The molecule has 2 N–H and O–H groups in total. The van der Waals surface area contributed by atoms with Gasteiger partial charge in [0, 0.05) is 48.7 Å². The number of hydrogen-bond acceptors (Lipinski definition) is 3. The molecule has 1 unspecified atom stereocenters. The predicted molar refractivity (Wildman–Crippen MR) is 125 cm³/mol. The highest BCUT2D eigenvalue weighted by Crippen LogP contribution is 2.60. The molecule has 1 aliphatic heterocycles. The Labute approximate surface area is 197 Å². The molecule has 1 atom stereocenters. The third-order valence-corrected chi connectivity index (χ3v) is 8.22. The third-order valence-electron chi connectivity index (χ3n) is 8.22. The Morgan fingerprint density at radius 1 is 1.26 bits per heavy atom. The SMILES string of the molecule is Cc1cc(C2CC2)c(CN2CCC3(CC2c2ccc(C(=O)O)nc2)CC(F)(F)C3)c2cc[nH]c12. The number of piperidine rings is 1. The van der Waals surface area contributed by atoms with Crippen LogP contribution in [0.5, 0.6) is 0 Å². The van der Waals surface area contributed by atoms with Gasteiger partial charge in [-0.15, -0.1) is 0 Å². The van der Waals surface area contributed by atoms with Crippen LogP contribution in [0.15, 0.2) is 36.7 Å². The molecule has 34 heavy (non-hydrogen) atoms. The van der Waals surface area contributed by atoms with Crippen molar-refractivity contribution in [2.24, 2.45) is 5.41 Å². The van der Waals surface area contributed by atoms with E-state index in [1.807, 2.05) is 12.3 Å². The first kappa shape index (κ1) is 21.7. The van der Waals surface area contributed by atoms with Gasteiger partial charge in [-0.25, -0.2) is 18.6 Å². The van der Waals surface area contributed by atoms with E-state index in [1.165, 1.54) is 41.0 Å². The van der Waals surface area contributed by atoms with Crippen LogP contribution >= 0.6 is 0 Å². The number of aromatic amines is 1. The van der Waals surface area contributed by atoms with Crippen molar-refractivity contribution in [3.8, 4) is 0 Å². The van der Waals surface area contributed by atoms with Crippen LogP contribution in [0.3, 0.4) is 0 Å². The molecule has 3 aliphatic rings. The second kappa shape index (κ2) is 7.60. The normalized spacial score (nSPS) is 23.8. The van der Waals surface area contributed by atoms with E-state index in [9.17, 15) is 18.7 Å². The number of nitrogens with one attached hydrogen (secondary N) is 1. The number of carboxylic acids is 1. The maximum Gasteiger partial charge on any atom is 0.354 e. The number of aromatic nitrogens is 2. The number of pyridine rings is 1. The van der Waals surface area contributed by atoms with Crippen molar-refractivity contribution in [2.45, 2.75) is 69.9 Å². The minimum absolute atomic E-state index is 0.000384.